The Kier molecular flexibility index (Phi) is 12.8. The van der Waals surface area contributed by atoms with Crippen molar-refractivity contribution in [3.05, 3.63) is 129 Å². The molecule has 2 fully saturated rings. The molecule has 64 heavy (non-hydrogen) atoms. The van der Waals surface area contributed by atoms with Gasteiger partial charge in [0.2, 0.25) is 11.9 Å². The van der Waals surface area contributed by atoms with Crippen LogP contribution in [-0.4, -0.2) is 97.1 Å². The minimum Gasteiger partial charge on any atom is -0.399 e. The average molecular weight is 940 g/mol. The fraction of sp³-hybridized carbons (Fsp3) is 0.273. The van der Waals surface area contributed by atoms with Gasteiger partial charge >= 0.3 is 0 Å². The topological polar surface area (TPSA) is 192 Å². The van der Waals surface area contributed by atoms with Gasteiger partial charge in [0.25, 0.3) is 5.69 Å². The van der Waals surface area contributed by atoms with Gasteiger partial charge in [0.15, 0.2) is 11.6 Å². The Morgan fingerprint density at radius 3 is 1.39 bits per heavy atom. The normalized spacial score (nSPS) is 17.9. The van der Waals surface area contributed by atoms with Crippen LogP contribution in [0.3, 0.4) is 0 Å². The van der Waals surface area contributed by atoms with Crippen LogP contribution in [0.15, 0.2) is 107 Å². The first-order valence-corrected chi connectivity index (χ1v) is 24.2. The van der Waals surface area contributed by atoms with Gasteiger partial charge in [-0.15, -0.1) is 0 Å². The minimum atomic E-state index is -1.13. The molecule has 4 aliphatic heterocycles. The van der Waals surface area contributed by atoms with E-state index in [9.17, 15) is 18.5 Å². The number of non-ortho nitro benzene ring substituents is 1. The first-order chi connectivity index (χ1) is 31.0. The lowest BCUT2D eigenvalue weighted by Crippen LogP contribution is -2.47. The van der Waals surface area contributed by atoms with Crippen molar-refractivity contribution in [2.45, 2.75) is 22.6 Å². The number of hydrogen-bond acceptors (Lipinski definition) is 15. The average Bonchev–Trinajstić information content (AvgIpc) is 3.88. The van der Waals surface area contributed by atoms with Crippen LogP contribution in [0.25, 0.3) is 0 Å². The minimum absolute atomic E-state index is 0.0843. The molecule has 6 heterocycles. The van der Waals surface area contributed by atoms with Gasteiger partial charge < -0.3 is 36.0 Å². The van der Waals surface area contributed by atoms with Crippen LogP contribution in [0.4, 0.5) is 57.7 Å². The highest BCUT2D eigenvalue weighted by Crippen LogP contribution is 2.35. The van der Waals surface area contributed by atoms with Crippen molar-refractivity contribution in [2.75, 3.05) is 99.8 Å². The number of anilines is 9. The van der Waals surface area contributed by atoms with Gasteiger partial charge in [-0.2, -0.15) is 9.97 Å². The predicted molar refractivity (Wildman–Crippen MR) is 256 cm³/mol. The number of nitrogens with two attached hydrogens (primary N) is 1. The van der Waals surface area contributed by atoms with E-state index in [-0.39, 0.29) is 5.69 Å². The monoisotopic (exact) mass is 938 g/mol. The zero-order valence-electron chi connectivity index (χ0n) is 34.5. The molecule has 4 aromatic carbocycles. The van der Waals surface area contributed by atoms with E-state index in [2.05, 4.69) is 42.4 Å². The Hall–Kier alpha value is -6.08. The summed E-state index contributed by atoms with van der Waals surface area (Å²) in [5.74, 6) is 3.60. The molecule has 6 aromatic rings. The summed E-state index contributed by atoms with van der Waals surface area (Å²) in [6.45, 7) is 6.24. The van der Waals surface area contributed by atoms with E-state index in [0.29, 0.717) is 80.8 Å². The molecule has 20 heteroatoms. The fourth-order valence-corrected chi connectivity index (χ4v) is 11.0. The maximum absolute atomic E-state index is 12.6. The van der Waals surface area contributed by atoms with Crippen molar-refractivity contribution in [2.24, 2.45) is 0 Å². The number of fused-ring (bicyclic) bond motifs is 2. The SMILES string of the molecule is Nc1ccc(N2CCN(c3nc4c(c(Nc5cccc(Cl)c5)n3)S(=O)CC4)CC2)cc1.O=[N+]([O-])c1ccc(N2CCN(c3nc4c(c(Nc5cccc(Cl)c5)n3)S(=O)CC4)CC2)cc1. The molecular weight excluding hydrogens is 896 g/mol. The molecule has 0 bridgehead atoms. The summed E-state index contributed by atoms with van der Waals surface area (Å²) in [6, 6.07) is 29.4. The Morgan fingerprint density at radius 2 is 0.984 bits per heavy atom. The summed E-state index contributed by atoms with van der Waals surface area (Å²) in [7, 11) is -2.22. The molecule has 0 saturated carbocycles. The Bertz CT molecular complexity index is 2740. The van der Waals surface area contributed by atoms with Crippen LogP contribution in [0.1, 0.15) is 11.4 Å². The van der Waals surface area contributed by atoms with Crippen LogP contribution in [0.5, 0.6) is 0 Å². The van der Waals surface area contributed by atoms with E-state index in [1.165, 1.54) is 17.8 Å². The second kappa shape index (κ2) is 18.9. The molecule has 0 aliphatic carbocycles. The maximum atomic E-state index is 12.6. The molecule has 330 valence electrons. The Labute approximate surface area is 384 Å². The summed E-state index contributed by atoms with van der Waals surface area (Å²) < 4.78 is 25.2. The molecule has 0 radical (unpaired) electrons. The highest BCUT2D eigenvalue weighted by molar-refractivity contribution is 7.85. The summed E-state index contributed by atoms with van der Waals surface area (Å²) in [5, 5.41) is 18.7. The molecule has 2 atom stereocenters. The lowest BCUT2D eigenvalue weighted by molar-refractivity contribution is -0.384. The van der Waals surface area contributed by atoms with Gasteiger partial charge in [0, 0.05) is 127 Å². The summed E-state index contributed by atoms with van der Waals surface area (Å²) in [6.07, 6.45) is 1.36. The van der Waals surface area contributed by atoms with Crippen molar-refractivity contribution in [1.82, 2.24) is 19.9 Å². The van der Waals surface area contributed by atoms with E-state index in [1.54, 1.807) is 24.3 Å². The number of nitro groups is 1. The van der Waals surface area contributed by atoms with Crippen molar-refractivity contribution < 1.29 is 13.3 Å². The number of benzene rings is 4. The van der Waals surface area contributed by atoms with Crippen LogP contribution in [-0.2, 0) is 34.4 Å². The van der Waals surface area contributed by atoms with E-state index < -0.39 is 26.5 Å². The number of rotatable bonds is 9. The van der Waals surface area contributed by atoms with Crippen LogP contribution in [0.2, 0.25) is 10.0 Å². The van der Waals surface area contributed by atoms with E-state index >= 15 is 0 Å². The van der Waals surface area contributed by atoms with Crippen LogP contribution >= 0.6 is 23.2 Å². The zero-order chi connectivity index (χ0) is 44.3. The molecule has 0 amide bonds. The number of nitro benzene ring substituents is 1. The molecule has 0 spiro atoms. The maximum Gasteiger partial charge on any atom is 0.269 e. The smallest absolute Gasteiger partial charge is 0.269 e. The Balaban J connectivity index is 0.000000162. The first kappa shape index (κ1) is 43.2. The van der Waals surface area contributed by atoms with Crippen molar-refractivity contribution >= 4 is 102 Å². The largest absolute Gasteiger partial charge is 0.399 e. The number of nitrogens with one attached hydrogen (secondary N) is 2. The van der Waals surface area contributed by atoms with E-state index in [1.807, 2.05) is 48.5 Å². The molecule has 2 unspecified atom stereocenters. The quantitative estimate of drug-likeness (QED) is 0.0748. The molecule has 2 aromatic heterocycles. The van der Waals surface area contributed by atoms with E-state index in [0.717, 1.165) is 73.4 Å². The van der Waals surface area contributed by atoms with Gasteiger partial charge in [-0.1, -0.05) is 35.3 Å². The van der Waals surface area contributed by atoms with E-state index in [4.69, 9.17) is 48.9 Å². The van der Waals surface area contributed by atoms with Crippen molar-refractivity contribution in [1.29, 1.82) is 0 Å². The lowest BCUT2D eigenvalue weighted by atomic mass is 10.2. The third kappa shape index (κ3) is 9.69. The number of hydrogen-bond donors (Lipinski definition) is 3. The zero-order valence-corrected chi connectivity index (χ0v) is 37.7. The molecule has 4 N–H and O–H groups in total. The third-order valence-electron chi connectivity index (χ3n) is 11.3. The number of nitrogens with zero attached hydrogens (tertiary/aromatic N) is 9. The molecular formula is C44H44Cl2N12O4S2. The van der Waals surface area contributed by atoms with Crippen molar-refractivity contribution in [3.8, 4) is 0 Å². The number of piperazine rings is 2. The molecule has 4 aliphatic rings. The van der Waals surface area contributed by atoms with Gasteiger partial charge in [0.1, 0.15) is 9.79 Å². The van der Waals surface area contributed by atoms with Gasteiger partial charge in [0.05, 0.1) is 37.9 Å². The number of nitrogen functional groups attached to an aromatic ring is 1. The number of halogens is 2. The number of aryl methyl sites for hydroxylation is 2. The molecule has 10 rings (SSSR count). The Morgan fingerprint density at radius 1 is 0.578 bits per heavy atom. The summed E-state index contributed by atoms with van der Waals surface area (Å²) >= 11 is 12.2. The highest BCUT2D eigenvalue weighted by atomic mass is 35.5. The highest BCUT2D eigenvalue weighted by Gasteiger charge is 2.30. The standard InChI is InChI=1S/C22H21ClN6O3S.C22H23ClN6OS/c23-15-2-1-3-16(14-15)24-21-20-19(8-13-33(20)32)25-22(26-21)28-11-9-27(10-12-28)17-4-6-18(7-5-17)29(30)31;23-15-2-1-3-17(14-15)25-21-20-19(8-13-31(20)30)26-22(27-21)29-11-9-28(10-12-29)18-6-4-16(24)5-7-18/h1-7,14H,8-13H2,(H,24,25,26);1-7,14H,8-13,24H2,(H,25,26,27). The van der Waals surface area contributed by atoms with Crippen LogP contribution < -0.4 is 36.0 Å². The molecule has 2 saturated heterocycles. The predicted octanol–water partition coefficient (Wildman–Crippen LogP) is 7.22. The van der Waals surface area contributed by atoms with Gasteiger partial charge in [-0.25, -0.2) is 9.97 Å². The second-order valence-corrected chi connectivity index (χ2v) is 19.4. The lowest BCUT2D eigenvalue weighted by Gasteiger charge is -2.36. The molecule has 16 nitrogen and oxygen atoms in total. The summed E-state index contributed by atoms with van der Waals surface area (Å²) in [5.41, 5.74) is 12.1. The first-order valence-electron chi connectivity index (χ1n) is 20.8. The number of aromatic nitrogens is 4. The fourth-order valence-electron chi connectivity index (χ4n) is 8.03. The second-order valence-electron chi connectivity index (χ2n) is 15.5. The van der Waals surface area contributed by atoms with Gasteiger partial charge in [-0.05, 0) is 72.8 Å². The van der Waals surface area contributed by atoms with Crippen molar-refractivity contribution in [3.63, 3.8) is 0 Å². The third-order valence-corrected chi connectivity index (χ3v) is 14.7. The van der Waals surface area contributed by atoms with Crippen LogP contribution in [0, 0.1) is 10.1 Å². The van der Waals surface area contributed by atoms with Gasteiger partial charge in [-0.3, -0.25) is 18.5 Å². The summed E-state index contributed by atoms with van der Waals surface area (Å²) in [4.78, 5) is 39.8.